The van der Waals surface area contributed by atoms with E-state index in [2.05, 4.69) is 27.8 Å². The summed E-state index contributed by atoms with van der Waals surface area (Å²) in [4.78, 5) is 24.3. The van der Waals surface area contributed by atoms with Crippen LogP contribution in [0.5, 0.6) is 5.75 Å². The number of carbonyl (C=O) groups is 2. The number of alkyl carbamates (subject to hydrolysis) is 1. The number of benzene rings is 1. The van der Waals surface area contributed by atoms with Crippen LogP contribution in [0.2, 0.25) is 0 Å². The second kappa shape index (κ2) is 13.8. The van der Waals surface area contributed by atoms with Gasteiger partial charge in [0.05, 0.1) is 12.3 Å². The molecule has 0 aliphatic carbocycles. The molecule has 1 aromatic carbocycles. The van der Waals surface area contributed by atoms with Gasteiger partial charge in [0.15, 0.2) is 20.7 Å². The Balaban J connectivity index is 1.85. The number of unbranched alkanes of at least 4 members (excludes halogenated alkanes) is 4. The quantitative estimate of drug-likeness (QED) is 0.371. The van der Waals surface area contributed by atoms with Crippen molar-refractivity contribution in [1.82, 2.24) is 15.5 Å². The summed E-state index contributed by atoms with van der Waals surface area (Å²) in [5.41, 5.74) is -0.266. The number of carbonyl (C=O) groups excluding carboxylic acids is 2. The lowest BCUT2D eigenvalue weighted by molar-refractivity contribution is 0.0520. The minimum absolute atomic E-state index is 0.0250. The number of nitrogens with one attached hydrogen (secondary N) is 2. The summed E-state index contributed by atoms with van der Waals surface area (Å²) in [7, 11) is -3.51. The second-order valence-electron chi connectivity index (χ2n) is 9.25. The molecule has 0 atom stereocenters. The Labute approximate surface area is 213 Å². The minimum atomic E-state index is -3.51. The Hall–Kier alpha value is -3.21. The van der Waals surface area contributed by atoms with Gasteiger partial charge in [0.2, 0.25) is 0 Å². The van der Waals surface area contributed by atoms with E-state index < -0.39 is 27.4 Å². The van der Waals surface area contributed by atoms with Crippen molar-refractivity contribution in [1.29, 1.82) is 0 Å². The molecule has 36 heavy (non-hydrogen) atoms. The van der Waals surface area contributed by atoms with Gasteiger partial charge in [-0.05, 0) is 57.5 Å². The first-order valence-electron chi connectivity index (χ1n) is 12.1. The second-order valence-corrected chi connectivity index (χ2v) is 11.3. The zero-order valence-corrected chi connectivity index (χ0v) is 22.2. The van der Waals surface area contributed by atoms with Gasteiger partial charge in [-0.3, -0.25) is 4.79 Å². The summed E-state index contributed by atoms with van der Waals surface area (Å²) in [6.07, 6.45) is 4.10. The highest BCUT2D eigenvalue weighted by Gasteiger charge is 2.18. The highest BCUT2D eigenvalue weighted by Crippen LogP contribution is 2.16. The van der Waals surface area contributed by atoms with Crippen molar-refractivity contribution in [2.24, 2.45) is 0 Å². The number of rotatable bonds is 13. The third kappa shape index (κ3) is 10.6. The number of nitrogens with zero attached hydrogens (tertiary/aromatic N) is 2. The number of hydrogen-bond donors (Lipinski definition) is 2. The fourth-order valence-corrected chi connectivity index (χ4v) is 4.34. The van der Waals surface area contributed by atoms with Gasteiger partial charge >= 0.3 is 6.09 Å². The van der Waals surface area contributed by atoms with Gasteiger partial charge in [0, 0.05) is 5.56 Å². The van der Waals surface area contributed by atoms with Crippen molar-refractivity contribution in [3.63, 3.8) is 0 Å². The van der Waals surface area contributed by atoms with E-state index in [4.69, 9.17) is 9.47 Å². The van der Waals surface area contributed by atoms with Crippen LogP contribution in [0.3, 0.4) is 0 Å². The molecular formula is C25H36N4O6S. The van der Waals surface area contributed by atoms with E-state index in [0.717, 1.165) is 25.7 Å². The molecule has 2 rings (SSSR count). The lowest BCUT2D eigenvalue weighted by atomic mass is 10.2. The molecule has 0 aliphatic heterocycles. The summed E-state index contributed by atoms with van der Waals surface area (Å²) in [6, 6.07) is 9.26. The third-order valence-corrected chi connectivity index (χ3v) is 6.53. The maximum absolute atomic E-state index is 12.6. The van der Waals surface area contributed by atoms with Crippen LogP contribution in [-0.2, 0) is 14.6 Å². The van der Waals surface area contributed by atoms with Gasteiger partial charge in [0.1, 0.15) is 18.0 Å². The SMILES string of the molecule is CCCCCCCS(=O)(=O)c1ccc(NC(=O)c2cccc(OCCNC(=O)OC(C)(C)C)c2)nn1. The molecule has 0 aliphatic rings. The molecule has 0 unspecified atom stereocenters. The fraction of sp³-hybridized carbons (Fsp3) is 0.520. The first-order chi connectivity index (χ1) is 17.0. The van der Waals surface area contributed by atoms with Crippen LogP contribution in [0.15, 0.2) is 41.4 Å². The van der Waals surface area contributed by atoms with E-state index in [1.165, 1.54) is 12.1 Å². The lowest BCUT2D eigenvalue weighted by Crippen LogP contribution is -2.34. The van der Waals surface area contributed by atoms with Crippen LogP contribution in [0.4, 0.5) is 10.6 Å². The molecule has 11 heteroatoms. The Morgan fingerprint density at radius 1 is 1.00 bits per heavy atom. The van der Waals surface area contributed by atoms with Gasteiger partial charge in [-0.2, -0.15) is 0 Å². The van der Waals surface area contributed by atoms with Crippen molar-refractivity contribution in [2.75, 3.05) is 24.2 Å². The van der Waals surface area contributed by atoms with Crippen LogP contribution in [-0.4, -0.2) is 55.1 Å². The molecule has 1 heterocycles. The summed E-state index contributed by atoms with van der Waals surface area (Å²) in [5.74, 6) is 0.153. The average molecular weight is 521 g/mol. The van der Waals surface area contributed by atoms with Crippen molar-refractivity contribution in [3.8, 4) is 5.75 Å². The highest BCUT2D eigenvalue weighted by atomic mass is 32.2. The van der Waals surface area contributed by atoms with Crippen LogP contribution >= 0.6 is 0 Å². The van der Waals surface area contributed by atoms with Crippen molar-refractivity contribution in [3.05, 3.63) is 42.0 Å². The third-order valence-electron chi connectivity index (χ3n) is 4.85. The molecule has 0 saturated heterocycles. The molecule has 0 spiro atoms. The van der Waals surface area contributed by atoms with Crippen LogP contribution < -0.4 is 15.4 Å². The summed E-state index contributed by atoms with van der Waals surface area (Å²) >= 11 is 0. The predicted molar refractivity (Wildman–Crippen MR) is 137 cm³/mol. The molecule has 198 valence electrons. The standard InChI is InChI=1S/C25H36N4O6S/c1-5-6-7-8-9-17-36(32,33)22-14-13-21(28-29-22)27-23(30)19-11-10-12-20(18-19)34-16-15-26-24(31)35-25(2,3)4/h10-14,18H,5-9,15-17H2,1-4H3,(H,26,31)(H,27,28,30). The first-order valence-corrected chi connectivity index (χ1v) is 13.7. The van der Waals surface area contributed by atoms with E-state index >= 15 is 0 Å². The molecular weight excluding hydrogens is 484 g/mol. The monoisotopic (exact) mass is 520 g/mol. The molecule has 10 nitrogen and oxygen atoms in total. The summed E-state index contributed by atoms with van der Waals surface area (Å²) in [5, 5.41) is 12.7. The summed E-state index contributed by atoms with van der Waals surface area (Å²) in [6.45, 7) is 7.85. The van der Waals surface area contributed by atoms with Crippen LogP contribution in [0.1, 0.15) is 70.2 Å². The first kappa shape index (κ1) is 29.0. The Bertz CT molecular complexity index is 1100. The number of aromatic nitrogens is 2. The predicted octanol–water partition coefficient (Wildman–Crippen LogP) is 4.38. The average Bonchev–Trinajstić information content (AvgIpc) is 2.81. The summed E-state index contributed by atoms with van der Waals surface area (Å²) < 4.78 is 35.6. The van der Waals surface area contributed by atoms with Gasteiger partial charge in [-0.1, -0.05) is 38.7 Å². The number of hydrogen-bond acceptors (Lipinski definition) is 8. The molecule has 0 saturated carbocycles. The minimum Gasteiger partial charge on any atom is -0.492 e. The van der Waals surface area contributed by atoms with E-state index in [0.29, 0.717) is 17.7 Å². The van der Waals surface area contributed by atoms with E-state index in [-0.39, 0.29) is 29.7 Å². The van der Waals surface area contributed by atoms with Gasteiger partial charge in [-0.25, -0.2) is 13.2 Å². The molecule has 2 aromatic rings. The maximum atomic E-state index is 12.6. The molecule has 0 bridgehead atoms. The molecule has 0 fully saturated rings. The Kier molecular flexibility index (Phi) is 11.1. The van der Waals surface area contributed by atoms with Crippen molar-refractivity contribution < 1.29 is 27.5 Å². The van der Waals surface area contributed by atoms with Gasteiger partial charge in [0.25, 0.3) is 5.91 Å². The normalized spacial score (nSPS) is 11.6. The van der Waals surface area contributed by atoms with E-state index in [1.54, 1.807) is 45.0 Å². The zero-order valence-electron chi connectivity index (χ0n) is 21.4. The van der Waals surface area contributed by atoms with Gasteiger partial charge < -0.3 is 20.1 Å². The molecule has 1 aromatic heterocycles. The number of anilines is 1. The van der Waals surface area contributed by atoms with Gasteiger partial charge in [-0.15, -0.1) is 10.2 Å². The molecule has 0 radical (unpaired) electrons. The van der Waals surface area contributed by atoms with Crippen molar-refractivity contribution in [2.45, 2.75) is 70.4 Å². The number of ether oxygens (including phenoxy) is 2. The zero-order chi connectivity index (χ0) is 26.6. The fourth-order valence-electron chi connectivity index (χ4n) is 3.10. The topological polar surface area (TPSA) is 137 Å². The number of sulfone groups is 1. The lowest BCUT2D eigenvalue weighted by Gasteiger charge is -2.19. The van der Waals surface area contributed by atoms with Crippen molar-refractivity contribution >= 4 is 27.7 Å². The van der Waals surface area contributed by atoms with Crippen LogP contribution in [0, 0.1) is 0 Å². The smallest absolute Gasteiger partial charge is 0.407 e. The van der Waals surface area contributed by atoms with E-state index in [9.17, 15) is 18.0 Å². The van der Waals surface area contributed by atoms with E-state index in [1.807, 2.05) is 0 Å². The van der Waals surface area contributed by atoms with Crippen LogP contribution in [0.25, 0.3) is 0 Å². The molecule has 2 amide bonds. The number of amides is 2. The Morgan fingerprint density at radius 3 is 2.42 bits per heavy atom. The highest BCUT2D eigenvalue weighted by molar-refractivity contribution is 7.91. The Morgan fingerprint density at radius 2 is 1.75 bits per heavy atom. The largest absolute Gasteiger partial charge is 0.492 e. The maximum Gasteiger partial charge on any atom is 0.407 e. The molecule has 2 N–H and O–H groups in total.